The standard InChI is InChI=1S/C21H25N9O7S2/c1-30(2,11(8-31)15(23)32)6-3-4-10-9-38-19-13(18(34)29(19)14(10)20(35)36)25-17(33)12(27-37-7-5-22)16-26-21(24)39-28-16/h3-4,11,13,19,31H,6-9H2,1-2H3,(H5-,23,24,25,26,28,32,33,35,36)/p+1/b4-3+,27-12-/t11-,13+,19-/m0/s1. The number of carbonyl (C=O) groups excluding carboxylic acids is 3. The minimum absolute atomic E-state index is 0.0337. The summed E-state index contributed by atoms with van der Waals surface area (Å²) in [5, 5.41) is 33.5. The third kappa shape index (κ3) is 6.34. The summed E-state index contributed by atoms with van der Waals surface area (Å²) in [4.78, 5) is 59.4. The van der Waals surface area contributed by atoms with Gasteiger partial charge >= 0.3 is 5.97 Å². The van der Waals surface area contributed by atoms with Crippen molar-refractivity contribution in [1.82, 2.24) is 19.6 Å². The molecule has 16 nitrogen and oxygen atoms in total. The van der Waals surface area contributed by atoms with Gasteiger partial charge in [0.1, 0.15) is 29.8 Å². The fourth-order valence-electron chi connectivity index (χ4n) is 3.87. The number of aliphatic carboxylic acids is 1. The van der Waals surface area contributed by atoms with Crippen LogP contribution < -0.4 is 16.8 Å². The third-order valence-corrected chi connectivity index (χ3v) is 7.73. The van der Waals surface area contributed by atoms with Gasteiger partial charge in [0.2, 0.25) is 18.1 Å². The van der Waals surface area contributed by atoms with E-state index in [1.807, 2.05) is 0 Å². The number of hydrogen-bond acceptors (Lipinski definition) is 13. The number of aromatic nitrogens is 2. The van der Waals surface area contributed by atoms with Crippen molar-refractivity contribution in [2.75, 3.05) is 45.3 Å². The van der Waals surface area contributed by atoms with Gasteiger partial charge < -0.3 is 36.3 Å². The van der Waals surface area contributed by atoms with Crippen LogP contribution >= 0.6 is 23.3 Å². The highest BCUT2D eigenvalue weighted by molar-refractivity contribution is 8.00. The number of quaternary nitrogens is 1. The fourth-order valence-corrected chi connectivity index (χ4v) is 5.62. The molecular weight excluding hydrogens is 554 g/mol. The maximum absolute atomic E-state index is 13.0. The van der Waals surface area contributed by atoms with E-state index in [9.17, 15) is 29.4 Å². The van der Waals surface area contributed by atoms with Gasteiger partial charge in [-0.05, 0) is 11.6 Å². The molecule has 1 saturated heterocycles. The maximum Gasteiger partial charge on any atom is 0.352 e. The topological polar surface area (TPSA) is 247 Å². The summed E-state index contributed by atoms with van der Waals surface area (Å²) >= 11 is 2.04. The number of primary amides is 1. The lowest BCUT2D eigenvalue weighted by atomic mass is 10.0. The number of rotatable bonds is 12. The van der Waals surface area contributed by atoms with E-state index >= 15 is 0 Å². The molecule has 0 aliphatic carbocycles. The van der Waals surface area contributed by atoms with Crippen LogP contribution in [0, 0.1) is 11.3 Å². The Bertz CT molecular complexity index is 1300. The third-order valence-electron chi connectivity index (χ3n) is 5.88. The summed E-state index contributed by atoms with van der Waals surface area (Å²) in [5.41, 5.74) is 10.6. The Kier molecular flexibility index (Phi) is 9.24. The molecule has 3 amide bonds. The zero-order chi connectivity index (χ0) is 28.9. The molecule has 0 radical (unpaired) electrons. The van der Waals surface area contributed by atoms with Crippen molar-refractivity contribution in [3.8, 4) is 6.07 Å². The Morgan fingerprint density at radius 2 is 2.15 bits per heavy atom. The first-order valence-corrected chi connectivity index (χ1v) is 13.0. The van der Waals surface area contributed by atoms with Gasteiger partial charge in [-0.2, -0.15) is 14.6 Å². The van der Waals surface area contributed by atoms with Crippen molar-refractivity contribution in [3.63, 3.8) is 0 Å². The second-order valence-corrected chi connectivity index (χ2v) is 10.7. The first kappa shape index (κ1) is 29.5. The summed E-state index contributed by atoms with van der Waals surface area (Å²) < 4.78 is 3.93. The quantitative estimate of drug-likeness (QED) is 0.0570. The van der Waals surface area contributed by atoms with Crippen LogP contribution in [0.3, 0.4) is 0 Å². The number of oxime groups is 1. The number of hydrogen-bond donors (Lipinski definition) is 5. The summed E-state index contributed by atoms with van der Waals surface area (Å²) in [6.45, 7) is -0.654. The van der Waals surface area contributed by atoms with Crippen molar-refractivity contribution in [3.05, 3.63) is 29.2 Å². The van der Waals surface area contributed by atoms with E-state index in [1.54, 1.807) is 32.3 Å². The molecular formula is C21H26N9O7S2+. The summed E-state index contributed by atoms with van der Waals surface area (Å²) in [6.07, 6.45) is 3.20. The van der Waals surface area contributed by atoms with Gasteiger partial charge in [0.25, 0.3) is 17.7 Å². The Hall–Kier alpha value is -4.05. The van der Waals surface area contributed by atoms with Gasteiger partial charge in [-0.3, -0.25) is 19.3 Å². The van der Waals surface area contributed by atoms with Crippen molar-refractivity contribution in [1.29, 1.82) is 5.26 Å². The van der Waals surface area contributed by atoms with E-state index in [2.05, 4.69) is 19.8 Å². The van der Waals surface area contributed by atoms with Gasteiger partial charge in [-0.25, -0.2) is 4.79 Å². The van der Waals surface area contributed by atoms with Crippen molar-refractivity contribution in [2.24, 2.45) is 10.9 Å². The van der Waals surface area contributed by atoms with Crippen LogP contribution in [0.1, 0.15) is 5.82 Å². The molecule has 2 aliphatic rings. The molecule has 0 aromatic carbocycles. The molecule has 0 unspecified atom stereocenters. The Balaban J connectivity index is 1.77. The molecule has 39 heavy (non-hydrogen) atoms. The van der Waals surface area contributed by atoms with Crippen LogP contribution in [0.15, 0.2) is 28.6 Å². The number of anilines is 1. The van der Waals surface area contributed by atoms with Crippen LogP contribution in [-0.2, 0) is 24.0 Å². The number of carbonyl (C=O) groups is 4. The summed E-state index contributed by atoms with van der Waals surface area (Å²) in [7, 11) is 3.39. The monoisotopic (exact) mass is 580 g/mol. The van der Waals surface area contributed by atoms with Crippen LogP contribution in [-0.4, -0.2) is 115 Å². The molecule has 2 aliphatic heterocycles. The lowest BCUT2D eigenvalue weighted by Gasteiger charge is -2.49. The van der Waals surface area contributed by atoms with Gasteiger partial charge in [0.05, 0.1) is 20.6 Å². The number of nitrogens with zero attached hydrogens (tertiary/aromatic N) is 6. The van der Waals surface area contributed by atoms with E-state index in [0.717, 1.165) is 16.4 Å². The fraction of sp³-hybridized carbons (Fsp3) is 0.429. The van der Waals surface area contributed by atoms with E-state index in [1.165, 1.54) is 11.8 Å². The van der Waals surface area contributed by atoms with Crippen LogP contribution in [0.5, 0.6) is 0 Å². The summed E-state index contributed by atoms with van der Waals surface area (Å²) in [5.74, 6) is -3.47. The molecule has 1 aromatic heterocycles. The highest BCUT2D eigenvalue weighted by atomic mass is 32.2. The highest BCUT2D eigenvalue weighted by Gasteiger charge is 2.54. The number of nitrogens with two attached hydrogens (primary N) is 2. The van der Waals surface area contributed by atoms with Crippen molar-refractivity contribution >= 4 is 57.8 Å². The number of β-lactam (4-membered cyclic amide) rings is 1. The van der Waals surface area contributed by atoms with Gasteiger partial charge in [-0.15, -0.1) is 11.8 Å². The Labute approximate surface area is 230 Å². The number of nitrogen functional groups attached to an aromatic ring is 1. The number of carboxylic acid groups (broad SMARTS) is 1. The SMILES string of the molecule is C[N+](C)(C/C=C/C1=C(C(=O)O)N2C(=O)[C@@H](NC(=O)/C(=N\OCC#N)c3nsc(N)n3)[C@@H]2SC1)[C@@H](CO)C(N)=O. The van der Waals surface area contributed by atoms with E-state index in [-0.39, 0.29) is 33.4 Å². The molecule has 3 atom stereocenters. The van der Waals surface area contributed by atoms with Gasteiger partial charge in [-0.1, -0.05) is 11.2 Å². The molecule has 1 fully saturated rings. The molecule has 0 saturated carbocycles. The first-order chi connectivity index (χ1) is 18.4. The number of allylic oxidation sites excluding steroid dienone is 1. The van der Waals surface area contributed by atoms with Crippen LogP contribution in [0.2, 0.25) is 0 Å². The van der Waals surface area contributed by atoms with Crippen molar-refractivity contribution < 1.29 is 38.7 Å². The number of carboxylic acids is 1. The average Bonchev–Trinajstić information content (AvgIpc) is 3.29. The normalized spacial score (nSPS) is 20.2. The lowest BCUT2D eigenvalue weighted by molar-refractivity contribution is -0.900. The van der Waals surface area contributed by atoms with E-state index in [0.29, 0.717) is 5.57 Å². The number of fused-ring (bicyclic) bond motifs is 1. The Morgan fingerprint density at radius 3 is 2.72 bits per heavy atom. The number of likely N-dealkylation sites (N-methyl/N-ethyl adjacent to an activating group) is 1. The number of thioether (sulfide) groups is 1. The predicted molar refractivity (Wildman–Crippen MR) is 138 cm³/mol. The number of aliphatic hydroxyl groups is 1. The average molecular weight is 581 g/mol. The minimum Gasteiger partial charge on any atom is -0.477 e. The number of amides is 3. The molecule has 3 heterocycles. The lowest BCUT2D eigenvalue weighted by Crippen LogP contribution is -2.71. The van der Waals surface area contributed by atoms with E-state index in [4.69, 9.17) is 21.6 Å². The van der Waals surface area contributed by atoms with Gasteiger partial charge in [0.15, 0.2) is 11.2 Å². The highest BCUT2D eigenvalue weighted by Crippen LogP contribution is 2.40. The second kappa shape index (κ2) is 12.2. The molecule has 1 aromatic rings. The zero-order valence-corrected chi connectivity index (χ0v) is 22.4. The maximum atomic E-state index is 13.0. The van der Waals surface area contributed by atoms with Crippen LogP contribution in [0.4, 0.5) is 5.13 Å². The smallest absolute Gasteiger partial charge is 0.352 e. The molecule has 0 bridgehead atoms. The number of nitrogens with one attached hydrogen (secondary N) is 1. The molecule has 7 N–H and O–H groups in total. The Morgan fingerprint density at radius 1 is 1.44 bits per heavy atom. The van der Waals surface area contributed by atoms with Crippen molar-refractivity contribution in [2.45, 2.75) is 17.5 Å². The second-order valence-electron chi connectivity index (χ2n) is 8.83. The number of aliphatic hydroxyl groups excluding tert-OH is 1. The zero-order valence-electron chi connectivity index (χ0n) is 20.8. The molecule has 0 spiro atoms. The summed E-state index contributed by atoms with van der Waals surface area (Å²) in [6, 6.07) is -0.236. The first-order valence-electron chi connectivity index (χ1n) is 11.2. The van der Waals surface area contributed by atoms with Crippen LogP contribution in [0.25, 0.3) is 0 Å². The number of nitriles is 1. The largest absolute Gasteiger partial charge is 0.477 e. The van der Waals surface area contributed by atoms with E-state index < -0.39 is 60.1 Å². The molecule has 3 rings (SSSR count). The molecule has 18 heteroatoms. The predicted octanol–water partition coefficient (Wildman–Crippen LogP) is -2.42. The van der Waals surface area contributed by atoms with Gasteiger partial charge in [0, 0.05) is 17.3 Å². The minimum atomic E-state index is -1.33. The molecule has 208 valence electrons.